The summed E-state index contributed by atoms with van der Waals surface area (Å²) in [6, 6.07) is 10.7. The zero-order valence-corrected chi connectivity index (χ0v) is 15.9. The molecule has 27 heavy (non-hydrogen) atoms. The predicted molar refractivity (Wildman–Crippen MR) is 104 cm³/mol. The van der Waals surface area contributed by atoms with E-state index < -0.39 is 0 Å². The van der Waals surface area contributed by atoms with Crippen molar-refractivity contribution in [2.24, 2.45) is 0 Å². The van der Waals surface area contributed by atoms with Gasteiger partial charge in [-0.15, -0.1) is 0 Å². The van der Waals surface area contributed by atoms with Crippen molar-refractivity contribution < 1.29 is 19.1 Å². The van der Waals surface area contributed by atoms with Gasteiger partial charge in [0.25, 0.3) is 0 Å². The van der Waals surface area contributed by atoms with Crippen molar-refractivity contribution in [2.45, 2.75) is 38.5 Å². The molecule has 0 amide bonds. The van der Waals surface area contributed by atoms with Crippen molar-refractivity contribution in [3.63, 3.8) is 0 Å². The topological polar surface area (TPSA) is 91.5 Å². The first-order valence-corrected chi connectivity index (χ1v) is 9.02. The van der Waals surface area contributed by atoms with E-state index in [1.807, 2.05) is 18.2 Å². The molecule has 0 spiro atoms. The largest absolute Gasteiger partial charge is 0.481 e. The van der Waals surface area contributed by atoms with Gasteiger partial charge in [-0.3, -0.25) is 9.59 Å². The van der Waals surface area contributed by atoms with Crippen LogP contribution in [0.3, 0.4) is 0 Å². The lowest BCUT2D eigenvalue weighted by atomic mass is 10.0. The molecule has 1 aromatic heterocycles. The van der Waals surface area contributed by atoms with Crippen LogP contribution in [0.2, 0.25) is 0 Å². The van der Waals surface area contributed by atoms with Crippen LogP contribution in [0.15, 0.2) is 36.4 Å². The van der Waals surface area contributed by atoms with Crippen LogP contribution < -0.4 is 15.2 Å². The van der Waals surface area contributed by atoms with Gasteiger partial charge in [0.15, 0.2) is 5.78 Å². The molecule has 1 aromatic carbocycles. The maximum atomic E-state index is 12.4. The molecule has 6 nitrogen and oxygen atoms in total. The van der Waals surface area contributed by atoms with E-state index in [-0.39, 0.29) is 17.4 Å². The van der Waals surface area contributed by atoms with Gasteiger partial charge >= 0.3 is 0 Å². The Hall–Kier alpha value is -2.89. The number of methoxy groups -OCH3 is 2. The Morgan fingerprint density at radius 2 is 1.70 bits per heavy atom. The van der Waals surface area contributed by atoms with Crippen molar-refractivity contribution in [2.75, 3.05) is 20.0 Å². The van der Waals surface area contributed by atoms with Crippen LogP contribution in [0.1, 0.15) is 48.0 Å². The average molecular weight is 370 g/mol. The lowest BCUT2D eigenvalue weighted by molar-refractivity contribution is -0.118. The second-order valence-electron chi connectivity index (χ2n) is 6.31. The number of unbranched alkanes of at least 4 members (excludes halogenated alkanes) is 2. The molecule has 1 heterocycles. The first-order chi connectivity index (χ1) is 13.0. The van der Waals surface area contributed by atoms with Gasteiger partial charge in [0.05, 0.1) is 19.8 Å². The van der Waals surface area contributed by atoms with Gasteiger partial charge in [-0.05, 0) is 30.5 Å². The molecule has 2 rings (SSSR count). The summed E-state index contributed by atoms with van der Waals surface area (Å²) in [6.07, 6.45) is 3.54. The highest BCUT2D eigenvalue weighted by molar-refractivity contribution is 5.98. The second-order valence-corrected chi connectivity index (χ2v) is 6.31. The number of nitrogens with two attached hydrogens (primary N) is 1. The maximum Gasteiger partial charge on any atom is 0.227 e. The van der Waals surface area contributed by atoms with Crippen molar-refractivity contribution in [3.05, 3.63) is 47.5 Å². The number of hydrogen-bond acceptors (Lipinski definition) is 6. The molecule has 0 saturated carbocycles. The van der Waals surface area contributed by atoms with E-state index in [0.29, 0.717) is 36.4 Å². The first kappa shape index (κ1) is 20.4. The summed E-state index contributed by atoms with van der Waals surface area (Å²) < 4.78 is 10.2. The van der Waals surface area contributed by atoms with Gasteiger partial charge in [-0.2, -0.15) is 4.98 Å². The highest BCUT2D eigenvalue weighted by Crippen LogP contribution is 2.22. The summed E-state index contributed by atoms with van der Waals surface area (Å²) in [7, 11) is 2.99. The Bertz CT molecular complexity index is 790. The van der Waals surface area contributed by atoms with Crippen molar-refractivity contribution >= 4 is 17.3 Å². The molecular weight excluding hydrogens is 344 g/mol. The van der Waals surface area contributed by atoms with Gasteiger partial charge in [0.2, 0.25) is 11.8 Å². The summed E-state index contributed by atoms with van der Waals surface area (Å²) in [4.78, 5) is 28.6. The van der Waals surface area contributed by atoms with Crippen molar-refractivity contribution in [1.82, 2.24) is 4.98 Å². The summed E-state index contributed by atoms with van der Waals surface area (Å²) in [5.41, 5.74) is 7.84. The number of nitrogens with zero attached hydrogens (tertiary/aromatic N) is 1. The van der Waals surface area contributed by atoms with Crippen LogP contribution in [0.5, 0.6) is 11.8 Å². The minimum atomic E-state index is -0.0228. The van der Waals surface area contributed by atoms with Gasteiger partial charge in [-0.1, -0.05) is 24.6 Å². The Kier molecular flexibility index (Phi) is 7.79. The standard InChI is InChI=1S/C21H26N2O4/c1-26-20-13-12-17(21(23-20)27-2)19(25)11-5-3-4-9-16(24)14-15-8-6-7-10-18(15)22/h6-8,10,12-13H,3-5,9,11,14,22H2,1-2H3. The maximum absolute atomic E-state index is 12.4. The summed E-state index contributed by atoms with van der Waals surface area (Å²) in [5, 5.41) is 0. The minimum Gasteiger partial charge on any atom is -0.481 e. The van der Waals surface area contributed by atoms with E-state index in [2.05, 4.69) is 4.98 Å². The van der Waals surface area contributed by atoms with Crippen LogP contribution in [0.4, 0.5) is 5.69 Å². The smallest absolute Gasteiger partial charge is 0.227 e. The molecular formula is C21H26N2O4. The number of para-hydroxylation sites is 1. The molecule has 0 atom stereocenters. The van der Waals surface area contributed by atoms with E-state index in [1.165, 1.54) is 14.2 Å². The molecule has 0 fully saturated rings. The first-order valence-electron chi connectivity index (χ1n) is 9.02. The van der Waals surface area contributed by atoms with Gasteiger partial charge in [0, 0.05) is 31.0 Å². The number of ketones is 2. The van der Waals surface area contributed by atoms with Crippen LogP contribution in [0.25, 0.3) is 0 Å². The summed E-state index contributed by atoms with van der Waals surface area (Å²) in [5.74, 6) is 0.821. The number of rotatable bonds is 11. The number of aromatic nitrogens is 1. The quantitative estimate of drug-likeness (QED) is 0.369. The van der Waals surface area contributed by atoms with Crippen LogP contribution in [-0.2, 0) is 11.2 Å². The highest BCUT2D eigenvalue weighted by Gasteiger charge is 2.14. The Labute approximate surface area is 159 Å². The fourth-order valence-electron chi connectivity index (χ4n) is 2.82. The fourth-order valence-corrected chi connectivity index (χ4v) is 2.82. The Morgan fingerprint density at radius 3 is 2.41 bits per heavy atom. The average Bonchev–Trinajstić information content (AvgIpc) is 2.68. The normalized spacial score (nSPS) is 10.4. The van der Waals surface area contributed by atoms with Crippen LogP contribution in [-0.4, -0.2) is 30.8 Å². The molecule has 144 valence electrons. The molecule has 2 N–H and O–H groups in total. The van der Waals surface area contributed by atoms with E-state index in [4.69, 9.17) is 15.2 Å². The predicted octanol–water partition coefficient (Wildman–Crippen LogP) is 3.63. The SMILES string of the molecule is COc1ccc(C(=O)CCCCCC(=O)Cc2ccccc2N)c(OC)n1. The second kappa shape index (κ2) is 10.3. The van der Waals surface area contributed by atoms with E-state index in [1.54, 1.807) is 18.2 Å². The Morgan fingerprint density at radius 1 is 0.963 bits per heavy atom. The molecule has 0 aliphatic heterocycles. The molecule has 0 radical (unpaired) electrons. The molecule has 0 bridgehead atoms. The number of ether oxygens (including phenoxy) is 2. The molecule has 0 unspecified atom stereocenters. The summed E-state index contributed by atoms with van der Waals surface area (Å²) in [6.45, 7) is 0. The minimum absolute atomic E-state index is 0.0228. The number of carbonyl (C=O) groups excluding carboxylic acids is 2. The van der Waals surface area contributed by atoms with E-state index >= 15 is 0 Å². The lowest BCUT2D eigenvalue weighted by Crippen LogP contribution is -2.06. The number of hydrogen-bond donors (Lipinski definition) is 1. The van der Waals surface area contributed by atoms with Crippen LogP contribution in [0, 0.1) is 0 Å². The van der Waals surface area contributed by atoms with Gasteiger partial charge in [0.1, 0.15) is 5.78 Å². The molecule has 2 aromatic rings. The third kappa shape index (κ3) is 6.09. The number of carbonyl (C=O) groups is 2. The van der Waals surface area contributed by atoms with E-state index in [0.717, 1.165) is 24.8 Å². The monoisotopic (exact) mass is 370 g/mol. The number of Topliss-reactive ketones (excluding diaryl/α,β-unsaturated/α-hetero) is 2. The molecule has 0 aliphatic carbocycles. The number of benzene rings is 1. The summed E-state index contributed by atoms with van der Waals surface area (Å²) >= 11 is 0. The third-order valence-electron chi connectivity index (χ3n) is 4.34. The number of anilines is 1. The number of pyridine rings is 1. The van der Waals surface area contributed by atoms with Crippen molar-refractivity contribution in [1.29, 1.82) is 0 Å². The lowest BCUT2D eigenvalue weighted by Gasteiger charge is -2.08. The number of nitrogen functional groups attached to an aromatic ring is 1. The highest BCUT2D eigenvalue weighted by atomic mass is 16.5. The fraction of sp³-hybridized carbons (Fsp3) is 0.381. The van der Waals surface area contributed by atoms with E-state index in [9.17, 15) is 9.59 Å². The molecule has 0 aliphatic rings. The third-order valence-corrected chi connectivity index (χ3v) is 4.34. The van der Waals surface area contributed by atoms with Crippen LogP contribution >= 0.6 is 0 Å². The molecule has 6 heteroatoms. The van der Waals surface area contributed by atoms with Gasteiger partial charge < -0.3 is 15.2 Å². The van der Waals surface area contributed by atoms with Gasteiger partial charge in [-0.25, -0.2) is 0 Å². The van der Waals surface area contributed by atoms with Crippen molar-refractivity contribution in [3.8, 4) is 11.8 Å². The molecule has 0 saturated heterocycles. The zero-order chi connectivity index (χ0) is 19.6. The Balaban J connectivity index is 1.73. The zero-order valence-electron chi connectivity index (χ0n) is 15.9.